The van der Waals surface area contributed by atoms with E-state index in [1.807, 2.05) is 6.08 Å². The summed E-state index contributed by atoms with van der Waals surface area (Å²) in [5.41, 5.74) is 11.3. The zero-order valence-electron chi connectivity index (χ0n) is 14.2. The summed E-state index contributed by atoms with van der Waals surface area (Å²) >= 11 is 0. The summed E-state index contributed by atoms with van der Waals surface area (Å²) in [6.07, 6.45) is 15.8. The van der Waals surface area contributed by atoms with Crippen LogP contribution in [0, 0.1) is 5.41 Å². The van der Waals surface area contributed by atoms with Crippen molar-refractivity contribution >= 4 is 6.08 Å². The molecule has 0 atom stereocenters. The van der Waals surface area contributed by atoms with Crippen LogP contribution in [0.15, 0.2) is 48.1 Å². The van der Waals surface area contributed by atoms with Gasteiger partial charge in [-0.05, 0) is 53.4 Å². The second-order valence-corrected chi connectivity index (χ2v) is 7.10. The Morgan fingerprint density at radius 3 is 2.55 bits per heavy atom. The van der Waals surface area contributed by atoms with Crippen molar-refractivity contribution in [3.63, 3.8) is 0 Å². The highest BCUT2D eigenvalue weighted by atomic mass is 14.5. The second-order valence-electron chi connectivity index (χ2n) is 7.10. The summed E-state index contributed by atoms with van der Waals surface area (Å²) in [5.74, 6) is 0. The molecule has 1 nitrogen and oxygen atoms in total. The third-order valence-electron chi connectivity index (χ3n) is 4.24. The molecular weight excluding hydrogens is 266 g/mol. The molecule has 0 radical (unpaired) electrons. The summed E-state index contributed by atoms with van der Waals surface area (Å²) in [6.45, 7) is 7.31. The van der Waals surface area contributed by atoms with Gasteiger partial charge in [-0.25, -0.2) is 0 Å². The van der Waals surface area contributed by atoms with Gasteiger partial charge in [0.2, 0.25) is 0 Å². The van der Waals surface area contributed by atoms with Gasteiger partial charge in [0.1, 0.15) is 0 Å². The predicted molar refractivity (Wildman–Crippen MR) is 97.9 cm³/mol. The van der Waals surface area contributed by atoms with E-state index in [2.05, 4.69) is 63.3 Å². The largest absolute Gasteiger partial charge is 0.327 e. The molecule has 118 valence electrons. The minimum atomic E-state index is 0.129. The summed E-state index contributed by atoms with van der Waals surface area (Å²) in [5, 5.41) is 0. The smallest absolute Gasteiger partial charge is 0.0109 e. The minimum Gasteiger partial charge on any atom is -0.327 e. The topological polar surface area (TPSA) is 26.0 Å². The average Bonchev–Trinajstić information content (AvgIpc) is 2.49. The molecular formula is C21H29N. The first-order valence-electron chi connectivity index (χ1n) is 8.38. The molecule has 2 rings (SSSR count). The summed E-state index contributed by atoms with van der Waals surface area (Å²) in [7, 11) is 0. The van der Waals surface area contributed by atoms with Gasteiger partial charge < -0.3 is 5.73 Å². The molecule has 0 aromatic heterocycles. The fourth-order valence-electron chi connectivity index (χ4n) is 2.85. The lowest BCUT2D eigenvalue weighted by Crippen LogP contribution is -2.07. The van der Waals surface area contributed by atoms with Crippen LogP contribution in [0.4, 0.5) is 0 Å². The van der Waals surface area contributed by atoms with E-state index in [1.54, 1.807) is 5.56 Å². The van der Waals surface area contributed by atoms with E-state index < -0.39 is 0 Å². The number of aryl methyl sites for hydroxylation is 2. The minimum absolute atomic E-state index is 0.129. The summed E-state index contributed by atoms with van der Waals surface area (Å²) in [4.78, 5) is 0. The van der Waals surface area contributed by atoms with Crippen LogP contribution in [0.1, 0.15) is 50.3 Å². The number of rotatable bonds is 4. The lowest BCUT2D eigenvalue weighted by Gasteiger charge is -2.20. The fraction of sp³-hybridized carbons (Fsp3) is 0.429. The van der Waals surface area contributed by atoms with Gasteiger partial charge in [0.05, 0.1) is 0 Å². The molecule has 2 N–H and O–H groups in total. The van der Waals surface area contributed by atoms with E-state index in [-0.39, 0.29) is 5.41 Å². The van der Waals surface area contributed by atoms with Crippen molar-refractivity contribution in [1.29, 1.82) is 0 Å². The molecule has 0 bridgehead atoms. The number of fused-ring (bicyclic) bond motifs is 1. The highest BCUT2D eigenvalue weighted by molar-refractivity contribution is 5.56. The van der Waals surface area contributed by atoms with E-state index in [0.717, 1.165) is 0 Å². The Morgan fingerprint density at radius 2 is 1.86 bits per heavy atom. The monoisotopic (exact) mass is 295 g/mol. The van der Waals surface area contributed by atoms with E-state index in [1.165, 1.54) is 42.4 Å². The molecule has 1 aromatic carbocycles. The molecule has 1 heteroatoms. The third-order valence-corrected chi connectivity index (χ3v) is 4.24. The Bertz CT molecular complexity index is 582. The Balaban J connectivity index is 2.20. The lowest BCUT2D eigenvalue weighted by atomic mass is 9.85. The summed E-state index contributed by atoms with van der Waals surface area (Å²) in [6, 6.07) is 6.92. The normalized spacial score (nSPS) is 16.5. The maximum Gasteiger partial charge on any atom is 0.0109 e. The highest BCUT2D eigenvalue weighted by Crippen LogP contribution is 2.28. The van der Waals surface area contributed by atoms with Crippen molar-refractivity contribution in [2.24, 2.45) is 11.1 Å². The number of nitrogens with two attached hydrogens (primary N) is 1. The Kier molecular flexibility index (Phi) is 5.79. The van der Waals surface area contributed by atoms with Crippen LogP contribution in [0.2, 0.25) is 0 Å². The van der Waals surface area contributed by atoms with Crippen LogP contribution in [-0.2, 0) is 12.8 Å². The average molecular weight is 295 g/mol. The van der Waals surface area contributed by atoms with E-state index in [0.29, 0.717) is 6.54 Å². The molecule has 22 heavy (non-hydrogen) atoms. The van der Waals surface area contributed by atoms with Crippen molar-refractivity contribution in [2.45, 2.75) is 46.5 Å². The first-order chi connectivity index (χ1) is 10.5. The quantitative estimate of drug-likeness (QED) is 0.771. The molecule has 1 aliphatic rings. The molecule has 0 saturated heterocycles. The lowest BCUT2D eigenvalue weighted by molar-refractivity contribution is 0.517. The van der Waals surface area contributed by atoms with Crippen LogP contribution >= 0.6 is 0 Å². The Hall–Kier alpha value is -1.60. The van der Waals surface area contributed by atoms with Crippen LogP contribution < -0.4 is 5.73 Å². The van der Waals surface area contributed by atoms with Crippen molar-refractivity contribution in [1.82, 2.24) is 0 Å². The zero-order chi connectivity index (χ0) is 16.0. The molecule has 0 aliphatic heterocycles. The van der Waals surface area contributed by atoms with Gasteiger partial charge in [0.25, 0.3) is 0 Å². The van der Waals surface area contributed by atoms with Crippen molar-refractivity contribution < 1.29 is 0 Å². The van der Waals surface area contributed by atoms with Gasteiger partial charge in [-0.15, -0.1) is 0 Å². The third kappa shape index (κ3) is 4.71. The number of allylic oxidation sites excluding steroid dienone is 4. The van der Waals surface area contributed by atoms with Gasteiger partial charge in [-0.2, -0.15) is 0 Å². The van der Waals surface area contributed by atoms with Crippen LogP contribution in [-0.4, -0.2) is 6.54 Å². The standard InChI is InChI=1S/C21H29N/c1-21(2,3)20(10-6-7-15-22)14-12-17-11-13-18-8-4-5-9-19(18)16-17/h6-7,10-14,16H,4-5,8-9,15,22H2,1-3H3/b7-6+,14-12+,20-10-. The first-order valence-corrected chi connectivity index (χ1v) is 8.38. The van der Waals surface area contributed by atoms with Crippen LogP contribution in [0.25, 0.3) is 6.08 Å². The van der Waals surface area contributed by atoms with Gasteiger partial charge in [-0.3, -0.25) is 0 Å². The van der Waals surface area contributed by atoms with Crippen LogP contribution in [0.5, 0.6) is 0 Å². The number of hydrogen-bond acceptors (Lipinski definition) is 1. The molecule has 0 heterocycles. The zero-order valence-corrected chi connectivity index (χ0v) is 14.2. The fourth-order valence-corrected chi connectivity index (χ4v) is 2.85. The molecule has 0 spiro atoms. The van der Waals surface area contributed by atoms with Gasteiger partial charge in [0, 0.05) is 6.54 Å². The molecule has 1 aliphatic carbocycles. The molecule has 0 saturated carbocycles. The SMILES string of the molecule is CC(C)(C)C(=C\C=C\CN)/C=C/c1ccc2c(c1)CCCC2. The van der Waals surface area contributed by atoms with Crippen molar-refractivity contribution in [3.05, 3.63) is 64.8 Å². The number of hydrogen-bond donors (Lipinski definition) is 1. The molecule has 1 aromatic rings. The van der Waals surface area contributed by atoms with Crippen LogP contribution in [0.3, 0.4) is 0 Å². The first kappa shape index (κ1) is 16.8. The highest BCUT2D eigenvalue weighted by Gasteiger charge is 2.14. The maximum atomic E-state index is 5.52. The second kappa shape index (κ2) is 7.60. The maximum absolute atomic E-state index is 5.52. The van der Waals surface area contributed by atoms with Gasteiger partial charge in [0.15, 0.2) is 0 Å². The van der Waals surface area contributed by atoms with Crippen molar-refractivity contribution in [3.8, 4) is 0 Å². The summed E-state index contributed by atoms with van der Waals surface area (Å²) < 4.78 is 0. The molecule has 0 fully saturated rings. The van der Waals surface area contributed by atoms with E-state index in [4.69, 9.17) is 5.73 Å². The Morgan fingerprint density at radius 1 is 1.14 bits per heavy atom. The molecule has 0 unspecified atom stereocenters. The van der Waals surface area contributed by atoms with Gasteiger partial charge in [-0.1, -0.05) is 69.4 Å². The van der Waals surface area contributed by atoms with E-state index in [9.17, 15) is 0 Å². The van der Waals surface area contributed by atoms with Gasteiger partial charge >= 0.3 is 0 Å². The Labute approximate surface area is 135 Å². The number of benzene rings is 1. The molecule has 0 amide bonds. The predicted octanol–water partition coefficient (Wildman–Crippen LogP) is 5.07. The van der Waals surface area contributed by atoms with E-state index >= 15 is 0 Å². The van der Waals surface area contributed by atoms with Crippen molar-refractivity contribution in [2.75, 3.05) is 6.54 Å².